The summed E-state index contributed by atoms with van der Waals surface area (Å²) in [4.78, 5) is 4.73. The molecular formula is C19H19NO. The molecule has 0 amide bonds. The first-order valence-corrected chi connectivity index (χ1v) is 7.30. The third kappa shape index (κ3) is 2.62. The first-order chi connectivity index (χ1) is 10.2. The van der Waals surface area contributed by atoms with Crippen LogP contribution in [0.5, 0.6) is 0 Å². The number of benzene rings is 1. The molecule has 0 fully saturated rings. The number of aromatic nitrogens is 1. The van der Waals surface area contributed by atoms with Crippen molar-refractivity contribution in [2.24, 2.45) is 0 Å². The Morgan fingerprint density at radius 1 is 0.952 bits per heavy atom. The highest BCUT2D eigenvalue weighted by atomic mass is 16.3. The van der Waals surface area contributed by atoms with Gasteiger partial charge >= 0.3 is 0 Å². The summed E-state index contributed by atoms with van der Waals surface area (Å²) in [5.41, 5.74) is 5.10. The van der Waals surface area contributed by atoms with E-state index in [1.54, 1.807) is 0 Å². The Labute approximate surface area is 125 Å². The van der Waals surface area contributed by atoms with E-state index in [-0.39, 0.29) is 0 Å². The number of hydrogen-bond donors (Lipinski definition) is 1. The van der Waals surface area contributed by atoms with Crippen molar-refractivity contribution in [1.82, 2.24) is 4.98 Å². The molecule has 1 aliphatic carbocycles. The summed E-state index contributed by atoms with van der Waals surface area (Å²) in [5.74, 6) is 0.388. The fourth-order valence-electron chi connectivity index (χ4n) is 2.68. The second kappa shape index (κ2) is 5.57. The molecule has 0 aliphatic heterocycles. The second-order valence-electron chi connectivity index (χ2n) is 5.42. The Morgan fingerprint density at radius 2 is 1.71 bits per heavy atom. The SMILES string of the molecule is C/C(C1=CCCC=C1O)=C(/C)c1ccc2ccccc2n1. The van der Waals surface area contributed by atoms with Crippen LogP contribution in [0.15, 0.2) is 65.5 Å². The third-order valence-corrected chi connectivity index (χ3v) is 4.08. The molecule has 2 aromatic rings. The summed E-state index contributed by atoms with van der Waals surface area (Å²) in [7, 11) is 0. The minimum atomic E-state index is 0.388. The molecule has 0 bridgehead atoms. The fraction of sp³-hybridized carbons (Fsp3) is 0.211. The summed E-state index contributed by atoms with van der Waals surface area (Å²) in [5, 5.41) is 11.2. The molecule has 1 aliphatic rings. The van der Waals surface area contributed by atoms with Gasteiger partial charge in [0.15, 0.2) is 0 Å². The maximum absolute atomic E-state index is 10.0. The van der Waals surface area contributed by atoms with Crippen LogP contribution in [-0.4, -0.2) is 10.1 Å². The molecule has 1 aromatic heterocycles. The number of hydrogen-bond acceptors (Lipinski definition) is 2. The predicted molar refractivity (Wildman–Crippen MR) is 88.0 cm³/mol. The maximum atomic E-state index is 10.0. The van der Waals surface area contributed by atoms with Crippen molar-refractivity contribution in [3.05, 3.63) is 71.1 Å². The molecule has 1 heterocycles. The van der Waals surface area contributed by atoms with Crippen LogP contribution in [0.3, 0.4) is 0 Å². The number of pyridine rings is 1. The van der Waals surface area contributed by atoms with E-state index >= 15 is 0 Å². The molecule has 1 aromatic carbocycles. The summed E-state index contributed by atoms with van der Waals surface area (Å²) >= 11 is 0. The van der Waals surface area contributed by atoms with Crippen LogP contribution in [-0.2, 0) is 0 Å². The van der Waals surface area contributed by atoms with E-state index in [0.29, 0.717) is 5.76 Å². The number of fused-ring (bicyclic) bond motifs is 1. The molecule has 0 saturated carbocycles. The van der Waals surface area contributed by atoms with E-state index in [0.717, 1.165) is 46.2 Å². The van der Waals surface area contributed by atoms with Gasteiger partial charge in [0.1, 0.15) is 5.76 Å². The minimum absolute atomic E-state index is 0.388. The van der Waals surface area contributed by atoms with Crippen molar-refractivity contribution in [3.8, 4) is 0 Å². The van der Waals surface area contributed by atoms with Crippen molar-refractivity contribution in [2.45, 2.75) is 26.7 Å². The Hall–Kier alpha value is -2.35. The lowest BCUT2D eigenvalue weighted by atomic mass is 9.94. The van der Waals surface area contributed by atoms with Gasteiger partial charge in [0, 0.05) is 11.0 Å². The number of aliphatic hydroxyl groups excluding tert-OH is 1. The van der Waals surface area contributed by atoms with E-state index in [1.165, 1.54) is 0 Å². The lowest BCUT2D eigenvalue weighted by Crippen LogP contribution is -1.99. The number of nitrogens with zero attached hydrogens (tertiary/aromatic N) is 1. The van der Waals surface area contributed by atoms with Crippen LogP contribution in [0.2, 0.25) is 0 Å². The van der Waals surface area contributed by atoms with Crippen LogP contribution < -0.4 is 0 Å². The zero-order valence-corrected chi connectivity index (χ0v) is 12.4. The van der Waals surface area contributed by atoms with Gasteiger partial charge in [0.2, 0.25) is 0 Å². The quantitative estimate of drug-likeness (QED) is 0.819. The van der Waals surface area contributed by atoms with Gasteiger partial charge in [-0.15, -0.1) is 0 Å². The van der Waals surface area contributed by atoms with Crippen LogP contribution in [0.25, 0.3) is 16.5 Å². The topological polar surface area (TPSA) is 33.1 Å². The maximum Gasteiger partial charge on any atom is 0.118 e. The molecule has 0 unspecified atom stereocenters. The monoisotopic (exact) mass is 277 g/mol. The number of para-hydroxylation sites is 1. The zero-order valence-electron chi connectivity index (χ0n) is 12.4. The van der Waals surface area contributed by atoms with E-state index in [2.05, 4.69) is 25.1 Å². The van der Waals surface area contributed by atoms with E-state index < -0.39 is 0 Å². The first kappa shape index (κ1) is 13.6. The molecule has 0 atom stereocenters. The van der Waals surface area contributed by atoms with Crippen molar-refractivity contribution >= 4 is 16.5 Å². The highest BCUT2D eigenvalue weighted by Crippen LogP contribution is 2.29. The van der Waals surface area contributed by atoms with Crippen molar-refractivity contribution < 1.29 is 5.11 Å². The Balaban J connectivity index is 2.06. The van der Waals surface area contributed by atoms with Gasteiger partial charge in [-0.1, -0.05) is 30.3 Å². The van der Waals surface area contributed by atoms with E-state index in [9.17, 15) is 5.11 Å². The van der Waals surface area contributed by atoms with Crippen LogP contribution in [0, 0.1) is 0 Å². The number of allylic oxidation sites excluding steroid dienone is 4. The largest absolute Gasteiger partial charge is 0.508 e. The standard InChI is InChI=1S/C19H19NO/c1-13(16-8-4-6-10-19(16)21)14(2)17-12-11-15-7-3-5-9-18(15)20-17/h3,5,7-12,21H,4,6H2,1-2H3/b14-13+. The van der Waals surface area contributed by atoms with E-state index in [1.807, 2.05) is 37.3 Å². The van der Waals surface area contributed by atoms with E-state index in [4.69, 9.17) is 4.98 Å². The summed E-state index contributed by atoms with van der Waals surface area (Å²) in [6, 6.07) is 12.3. The average molecular weight is 277 g/mol. The molecule has 21 heavy (non-hydrogen) atoms. The number of aliphatic hydroxyl groups is 1. The van der Waals surface area contributed by atoms with Gasteiger partial charge < -0.3 is 5.11 Å². The molecule has 2 nitrogen and oxygen atoms in total. The Bertz CT molecular complexity index is 781. The summed E-state index contributed by atoms with van der Waals surface area (Å²) < 4.78 is 0. The third-order valence-electron chi connectivity index (χ3n) is 4.08. The smallest absolute Gasteiger partial charge is 0.118 e. The molecule has 0 spiro atoms. The Morgan fingerprint density at radius 3 is 2.52 bits per heavy atom. The fourth-order valence-corrected chi connectivity index (χ4v) is 2.68. The van der Waals surface area contributed by atoms with Crippen LogP contribution in [0.4, 0.5) is 0 Å². The van der Waals surface area contributed by atoms with Crippen molar-refractivity contribution in [2.75, 3.05) is 0 Å². The molecule has 0 saturated heterocycles. The first-order valence-electron chi connectivity index (χ1n) is 7.30. The Kier molecular flexibility index (Phi) is 3.61. The molecule has 2 heteroatoms. The van der Waals surface area contributed by atoms with Gasteiger partial charge in [0.25, 0.3) is 0 Å². The second-order valence-corrected chi connectivity index (χ2v) is 5.42. The van der Waals surface area contributed by atoms with Gasteiger partial charge in [-0.05, 0) is 56.0 Å². The highest BCUT2D eigenvalue weighted by molar-refractivity contribution is 5.81. The summed E-state index contributed by atoms with van der Waals surface area (Å²) in [6.07, 6.45) is 5.89. The van der Waals surface area contributed by atoms with Gasteiger partial charge in [-0.2, -0.15) is 0 Å². The van der Waals surface area contributed by atoms with Crippen LogP contribution >= 0.6 is 0 Å². The number of rotatable bonds is 2. The normalized spacial score (nSPS) is 16.3. The molecule has 106 valence electrons. The van der Waals surface area contributed by atoms with Gasteiger partial charge in [0.05, 0.1) is 11.2 Å². The van der Waals surface area contributed by atoms with Gasteiger partial charge in [-0.3, -0.25) is 0 Å². The molecule has 1 N–H and O–H groups in total. The lowest BCUT2D eigenvalue weighted by molar-refractivity contribution is 0.419. The predicted octanol–water partition coefficient (Wildman–Crippen LogP) is 5.19. The highest BCUT2D eigenvalue weighted by Gasteiger charge is 2.13. The molecular weight excluding hydrogens is 258 g/mol. The van der Waals surface area contributed by atoms with Crippen molar-refractivity contribution in [1.29, 1.82) is 0 Å². The van der Waals surface area contributed by atoms with Crippen LogP contribution in [0.1, 0.15) is 32.4 Å². The molecule has 0 radical (unpaired) electrons. The van der Waals surface area contributed by atoms with Crippen molar-refractivity contribution in [3.63, 3.8) is 0 Å². The lowest BCUT2D eigenvalue weighted by Gasteiger charge is -2.15. The summed E-state index contributed by atoms with van der Waals surface area (Å²) in [6.45, 7) is 4.11. The zero-order chi connectivity index (χ0) is 14.8. The molecule has 3 rings (SSSR count). The average Bonchev–Trinajstić information content (AvgIpc) is 2.53. The minimum Gasteiger partial charge on any atom is -0.508 e. The van der Waals surface area contributed by atoms with Gasteiger partial charge in [-0.25, -0.2) is 4.98 Å².